The van der Waals surface area contributed by atoms with Crippen molar-refractivity contribution in [3.05, 3.63) is 65.0 Å². The van der Waals surface area contributed by atoms with Crippen LogP contribution in [0, 0.1) is 6.92 Å². The number of amides is 2. The first kappa shape index (κ1) is 13.7. The molecule has 20 heavy (non-hydrogen) atoms. The maximum Gasteiger partial charge on any atom is 0.251 e. The van der Waals surface area contributed by atoms with E-state index in [0.29, 0.717) is 23.2 Å². The Balaban J connectivity index is 2.14. The highest BCUT2D eigenvalue weighted by atomic mass is 16.2. The number of nitrogens with zero attached hydrogens (tertiary/aromatic N) is 1. The van der Waals surface area contributed by atoms with E-state index in [1.807, 2.05) is 18.2 Å². The second kappa shape index (κ2) is 5.97. The predicted octanol–water partition coefficient (Wildman–Crippen LogP) is 1.42. The molecule has 0 unspecified atom stereocenters. The Kier molecular flexibility index (Phi) is 4.10. The molecule has 0 atom stereocenters. The van der Waals surface area contributed by atoms with E-state index in [1.165, 1.54) is 0 Å². The molecule has 1 heterocycles. The third kappa shape index (κ3) is 3.00. The van der Waals surface area contributed by atoms with Gasteiger partial charge in [0, 0.05) is 17.3 Å². The summed E-state index contributed by atoms with van der Waals surface area (Å²) in [6.07, 6.45) is 1.67. The second-order valence-electron chi connectivity index (χ2n) is 4.35. The van der Waals surface area contributed by atoms with Crippen molar-refractivity contribution in [3.8, 4) is 0 Å². The van der Waals surface area contributed by atoms with E-state index >= 15 is 0 Å². The SMILES string of the molecule is Cc1c(C(N)=O)cccc1C(=O)NCc1ccccn1. The summed E-state index contributed by atoms with van der Waals surface area (Å²) in [5.41, 5.74) is 7.42. The molecule has 0 spiro atoms. The van der Waals surface area contributed by atoms with Crippen LogP contribution in [0.25, 0.3) is 0 Å². The van der Waals surface area contributed by atoms with Crippen LogP contribution in [0.3, 0.4) is 0 Å². The van der Waals surface area contributed by atoms with Gasteiger partial charge in [0.05, 0.1) is 12.2 Å². The van der Waals surface area contributed by atoms with Crippen LogP contribution in [0.5, 0.6) is 0 Å². The number of primary amides is 1. The number of hydrogen-bond acceptors (Lipinski definition) is 3. The summed E-state index contributed by atoms with van der Waals surface area (Å²) in [6, 6.07) is 10.4. The average molecular weight is 269 g/mol. The van der Waals surface area contributed by atoms with Crippen molar-refractivity contribution in [1.82, 2.24) is 10.3 Å². The van der Waals surface area contributed by atoms with E-state index < -0.39 is 5.91 Å². The van der Waals surface area contributed by atoms with Crippen molar-refractivity contribution in [3.63, 3.8) is 0 Å². The third-order valence-electron chi connectivity index (χ3n) is 3.00. The van der Waals surface area contributed by atoms with E-state index in [1.54, 1.807) is 31.3 Å². The Hall–Kier alpha value is -2.69. The fourth-order valence-corrected chi connectivity index (χ4v) is 1.92. The molecule has 0 bridgehead atoms. The molecule has 5 nitrogen and oxygen atoms in total. The molecule has 2 amide bonds. The van der Waals surface area contributed by atoms with Gasteiger partial charge in [-0.3, -0.25) is 14.6 Å². The van der Waals surface area contributed by atoms with Gasteiger partial charge in [-0.15, -0.1) is 0 Å². The minimum absolute atomic E-state index is 0.253. The molecule has 0 saturated heterocycles. The Morgan fingerprint density at radius 3 is 2.55 bits per heavy atom. The summed E-state index contributed by atoms with van der Waals surface area (Å²) >= 11 is 0. The molecule has 0 aliphatic heterocycles. The van der Waals surface area contributed by atoms with Crippen molar-refractivity contribution >= 4 is 11.8 Å². The van der Waals surface area contributed by atoms with Gasteiger partial charge in [-0.1, -0.05) is 12.1 Å². The van der Waals surface area contributed by atoms with E-state index in [9.17, 15) is 9.59 Å². The lowest BCUT2D eigenvalue weighted by Gasteiger charge is -2.09. The van der Waals surface area contributed by atoms with E-state index in [-0.39, 0.29) is 5.91 Å². The van der Waals surface area contributed by atoms with Gasteiger partial charge < -0.3 is 11.1 Å². The highest BCUT2D eigenvalue weighted by Crippen LogP contribution is 2.13. The lowest BCUT2D eigenvalue weighted by Crippen LogP contribution is -2.25. The van der Waals surface area contributed by atoms with Crippen LogP contribution >= 0.6 is 0 Å². The molecule has 1 aromatic heterocycles. The van der Waals surface area contributed by atoms with Crippen molar-refractivity contribution in [2.45, 2.75) is 13.5 Å². The average Bonchev–Trinajstić information content (AvgIpc) is 2.46. The van der Waals surface area contributed by atoms with E-state index in [4.69, 9.17) is 5.73 Å². The smallest absolute Gasteiger partial charge is 0.251 e. The van der Waals surface area contributed by atoms with Crippen LogP contribution in [0.2, 0.25) is 0 Å². The van der Waals surface area contributed by atoms with Crippen LogP contribution in [0.15, 0.2) is 42.6 Å². The number of carbonyl (C=O) groups is 2. The highest BCUT2D eigenvalue weighted by molar-refractivity contribution is 6.01. The second-order valence-corrected chi connectivity index (χ2v) is 4.35. The number of aromatic nitrogens is 1. The fraction of sp³-hybridized carbons (Fsp3) is 0.133. The maximum absolute atomic E-state index is 12.1. The lowest BCUT2D eigenvalue weighted by molar-refractivity contribution is 0.0950. The Bertz CT molecular complexity index is 639. The van der Waals surface area contributed by atoms with Gasteiger partial charge in [0.15, 0.2) is 0 Å². The van der Waals surface area contributed by atoms with Crippen LogP contribution in [-0.2, 0) is 6.54 Å². The predicted molar refractivity (Wildman–Crippen MR) is 75.1 cm³/mol. The molecule has 0 radical (unpaired) electrons. The Morgan fingerprint density at radius 1 is 1.15 bits per heavy atom. The van der Waals surface area contributed by atoms with Gasteiger partial charge in [0.2, 0.25) is 5.91 Å². The molecule has 5 heteroatoms. The minimum atomic E-state index is -0.540. The van der Waals surface area contributed by atoms with Gasteiger partial charge >= 0.3 is 0 Å². The summed E-state index contributed by atoms with van der Waals surface area (Å²) < 4.78 is 0. The topological polar surface area (TPSA) is 85.1 Å². The monoisotopic (exact) mass is 269 g/mol. The molecule has 0 saturated carbocycles. The normalized spacial score (nSPS) is 10.1. The van der Waals surface area contributed by atoms with Gasteiger partial charge in [-0.05, 0) is 36.8 Å². The van der Waals surface area contributed by atoms with Crippen LogP contribution in [0.1, 0.15) is 32.0 Å². The summed E-state index contributed by atoms with van der Waals surface area (Å²) in [7, 11) is 0. The molecular weight excluding hydrogens is 254 g/mol. The Morgan fingerprint density at radius 2 is 1.90 bits per heavy atom. The zero-order valence-electron chi connectivity index (χ0n) is 11.1. The molecule has 0 aliphatic rings. The first-order valence-corrected chi connectivity index (χ1v) is 6.17. The number of nitrogens with two attached hydrogens (primary N) is 1. The molecule has 3 N–H and O–H groups in total. The Labute approximate surface area is 116 Å². The number of nitrogens with one attached hydrogen (secondary N) is 1. The largest absolute Gasteiger partial charge is 0.366 e. The van der Waals surface area contributed by atoms with Crippen molar-refractivity contribution in [2.24, 2.45) is 5.73 Å². The van der Waals surface area contributed by atoms with Gasteiger partial charge in [-0.25, -0.2) is 0 Å². The summed E-state index contributed by atoms with van der Waals surface area (Å²) in [5.74, 6) is -0.793. The van der Waals surface area contributed by atoms with E-state index in [2.05, 4.69) is 10.3 Å². The van der Waals surface area contributed by atoms with E-state index in [0.717, 1.165) is 5.69 Å². The number of rotatable bonds is 4. The van der Waals surface area contributed by atoms with Crippen LogP contribution < -0.4 is 11.1 Å². The zero-order chi connectivity index (χ0) is 14.5. The minimum Gasteiger partial charge on any atom is -0.366 e. The molecule has 102 valence electrons. The summed E-state index contributed by atoms with van der Waals surface area (Å²) in [6.45, 7) is 2.04. The molecule has 1 aromatic carbocycles. The molecule has 2 rings (SSSR count). The molecule has 2 aromatic rings. The van der Waals surface area contributed by atoms with Gasteiger partial charge in [-0.2, -0.15) is 0 Å². The zero-order valence-corrected chi connectivity index (χ0v) is 11.1. The first-order chi connectivity index (χ1) is 9.59. The molecule has 0 fully saturated rings. The number of benzene rings is 1. The van der Waals surface area contributed by atoms with Crippen molar-refractivity contribution in [2.75, 3.05) is 0 Å². The summed E-state index contributed by atoms with van der Waals surface area (Å²) in [4.78, 5) is 27.5. The van der Waals surface area contributed by atoms with Crippen LogP contribution in [-0.4, -0.2) is 16.8 Å². The standard InChI is InChI=1S/C15H15N3O2/c1-10-12(14(16)19)6-4-7-13(10)15(20)18-9-11-5-2-3-8-17-11/h2-8H,9H2,1H3,(H2,16,19)(H,18,20). The van der Waals surface area contributed by atoms with Crippen LogP contribution in [0.4, 0.5) is 0 Å². The number of hydrogen-bond donors (Lipinski definition) is 2. The number of carbonyl (C=O) groups excluding carboxylic acids is 2. The van der Waals surface area contributed by atoms with Crippen molar-refractivity contribution < 1.29 is 9.59 Å². The highest BCUT2D eigenvalue weighted by Gasteiger charge is 2.13. The quantitative estimate of drug-likeness (QED) is 0.880. The first-order valence-electron chi connectivity index (χ1n) is 6.17. The molecular formula is C15H15N3O2. The fourth-order valence-electron chi connectivity index (χ4n) is 1.92. The number of pyridine rings is 1. The lowest BCUT2D eigenvalue weighted by atomic mass is 10.0. The molecule has 0 aliphatic carbocycles. The summed E-state index contributed by atoms with van der Waals surface area (Å²) in [5, 5.41) is 2.77. The third-order valence-corrected chi connectivity index (χ3v) is 3.00. The van der Waals surface area contributed by atoms with Gasteiger partial charge in [0.25, 0.3) is 5.91 Å². The van der Waals surface area contributed by atoms with Gasteiger partial charge in [0.1, 0.15) is 0 Å². The van der Waals surface area contributed by atoms with Crippen molar-refractivity contribution in [1.29, 1.82) is 0 Å². The maximum atomic E-state index is 12.1.